The zero-order valence-corrected chi connectivity index (χ0v) is 16.6. The molecule has 134 valence electrons. The minimum atomic E-state index is -3.67. The molecule has 0 saturated carbocycles. The first kappa shape index (κ1) is 17.3. The Morgan fingerprint density at radius 3 is 2.65 bits per heavy atom. The topological polar surface area (TPSA) is 74.3 Å². The van der Waals surface area contributed by atoms with Gasteiger partial charge in [-0.15, -0.1) is 0 Å². The van der Waals surface area contributed by atoms with Crippen LogP contribution in [0.15, 0.2) is 56.9 Å². The highest BCUT2D eigenvalue weighted by Crippen LogP contribution is 2.31. The number of hydrogen-bond donors (Lipinski definition) is 2. The van der Waals surface area contributed by atoms with Gasteiger partial charge >= 0.3 is 0 Å². The number of sulfonamides is 1. The van der Waals surface area contributed by atoms with Crippen molar-refractivity contribution in [3.05, 3.63) is 63.8 Å². The maximum absolute atomic E-state index is 12.5. The molecule has 1 aliphatic rings. The van der Waals surface area contributed by atoms with E-state index in [4.69, 9.17) is 0 Å². The Morgan fingerprint density at radius 1 is 1.12 bits per heavy atom. The van der Waals surface area contributed by atoms with E-state index in [1.54, 1.807) is 24.3 Å². The maximum atomic E-state index is 12.5. The van der Waals surface area contributed by atoms with Gasteiger partial charge in [-0.2, -0.15) is 18.4 Å². The van der Waals surface area contributed by atoms with Crippen molar-refractivity contribution in [2.24, 2.45) is 5.10 Å². The van der Waals surface area contributed by atoms with Crippen LogP contribution in [-0.2, 0) is 16.4 Å². The molecule has 0 bridgehead atoms. The number of aryl methyl sites for hydroxylation is 2. The highest BCUT2D eigenvalue weighted by Gasteiger charge is 2.22. The highest BCUT2D eigenvalue weighted by atomic mass is 79.9. The summed E-state index contributed by atoms with van der Waals surface area (Å²) in [7, 11) is -3.67. The van der Waals surface area contributed by atoms with Gasteiger partial charge in [-0.1, -0.05) is 33.6 Å². The van der Waals surface area contributed by atoms with E-state index in [1.165, 1.54) is 5.56 Å². The Kier molecular flexibility index (Phi) is 4.36. The Hall–Kier alpha value is -2.12. The smallest absolute Gasteiger partial charge is 0.276 e. The number of hydrazone groups is 1. The average Bonchev–Trinajstić information content (AvgIpc) is 2.99. The fourth-order valence-electron chi connectivity index (χ4n) is 3.28. The van der Waals surface area contributed by atoms with Crippen LogP contribution in [0.5, 0.6) is 0 Å². The summed E-state index contributed by atoms with van der Waals surface area (Å²) in [4.78, 5) is 5.99. The molecule has 5 nitrogen and oxygen atoms in total. The Bertz CT molecular complexity index is 1120. The lowest BCUT2D eigenvalue weighted by Crippen LogP contribution is -2.22. The van der Waals surface area contributed by atoms with Crippen molar-refractivity contribution in [2.45, 2.75) is 31.1 Å². The SMILES string of the molecule is Cc1ccc(S(=O)(=O)N/N=C2\CCCc3c2[nH]c2ccc(Br)cc32)cc1. The third-order valence-corrected chi connectivity index (χ3v) is 6.35. The molecule has 7 heteroatoms. The van der Waals surface area contributed by atoms with Gasteiger partial charge in [0.05, 0.1) is 16.3 Å². The molecule has 26 heavy (non-hydrogen) atoms. The van der Waals surface area contributed by atoms with Crippen LogP contribution >= 0.6 is 15.9 Å². The molecule has 1 aromatic heterocycles. The van der Waals surface area contributed by atoms with Gasteiger partial charge in [-0.3, -0.25) is 0 Å². The lowest BCUT2D eigenvalue weighted by atomic mass is 9.94. The fourth-order valence-corrected chi connectivity index (χ4v) is 4.47. The summed E-state index contributed by atoms with van der Waals surface area (Å²) >= 11 is 3.51. The van der Waals surface area contributed by atoms with Crippen LogP contribution in [0.3, 0.4) is 0 Å². The van der Waals surface area contributed by atoms with Crippen LogP contribution in [0.4, 0.5) is 0 Å². The number of nitrogens with zero attached hydrogens (tertiary/aromatic N) is 1. The van der Waals surface area contributed by atoms with Crippen molar-refractivity contribution in [1.82, 2.24) is 9.82 Å². The summed E-state index contributed by atoms with van der Waals surface area (Å²) in [5, 5.41) is 5.40. The van der Waals surface area contributed by atoms with E-state index in [9.17, 15) is 8.42 Å². The van der Waals surface area contributed by atoms with Crippen LogP contribution in [-0.4, -0.2) is 19.1 Å². The van der Waals surface area contributed by atoms with Crippen LogP contribution < -0.4 is 4.83 Å². The number of benzene rings is 2. The van der Waals surface area contributed by atoms with E-state index >= 15 is 0 Å². The molecule has 2 aromatic carbocycles. The summed E-state index contributed by atoms with van der Waals surface area (Å²) in [6.45, 7) is 1.92. The zero-order chi connectivity index (χ0) is 18.3. The standard InChI is InChI=1S/C19H18BrN3O2S/c1-12-5-8-14(9-6-12)26(24,25)23-22-18-4-2-3-15-16-11-13(20)7-10-17(16)21-19(15)18/h5-11,21,23H,2-4H2,1H3/b22-18+. The molecule has 0 fully saturated rings. The lowest BCUT2D eigenvalue weighted by molar-refractivity contribution is 0.584. The van der Waals surface area contributed by atoms with Crippen LogP contribution in [0, 0.1) is 6.92 Å². The molecule has 1 heterocycles. The second-order valence-electron chi connectivity index (χ2n) is 6.49. The molecule has 0 aliphatic heterocycles. The van der Waals surface area contributed by atoms with E-state index in [0.717, 1.165) is 51.6 Å². The fraction of sp³-hybridized carbons (Fsp3) is 0.211. The third-order valence-electron chi connectivity index (χ3n) is 4.63. The van der Waals surface area contributed by atoms with Gasteiger partial charge in [-0.25, -0.2) is 0 Å². The molecule has 1 aliphatic carbocycles. The second kappa shape index (κ2) is 6.55. The first-order valence-corrected chi connectivity index (χ1v) is 10.7. The van der Waals surface area contributed by atoms with Gasteiger partial charge in [0.2, 0.25) is 0 Å². The van der Waals surface area contributed by atoms with Crippen molar-refractivity contribution in [3.8, 4) is 0 Å². The summed E-state index contributed by atoms with van der Waals surface area (Å²) in [6, 6.07) is 12.8. The summed E-state index contributed by atoms with van der Waals surface area (Å²) in [6.07, 6.45) is 2.63. The van der Waals surface area contributed by atoms with E-state index in [0.29, 0.717) is 0 Å². The second-order valence-corrected chi connectivity index (χ2v) is 9.06. The van der Waals surface area contributed by atoms with Gasteiger partial charge in [0.1, 0.15) is 0 Å². The van der Waals surface area contributed by atoms with E-state index < -0.39 is 10.0 Å². The van der Waals surface area contributed by atoms with Gasteiger partial charge in [-0.05, 0) is 62.1 Å². The molecule has 0 spiro atoms. The summed E-state index contributed by atoms with van der Waals surface area (Å²) in [5.74, 6) is 0. The van der Waals surface area contributed by atoms with Crippen molar-refractivity contribution in [2.75, 3.05) is 0 Å². The Labute approximate surface area is 160 Å². The maximum Gasteiger partial charge on any atom is 0.276 e. The van der Waals surface area contributed by atoms with Gasteiger partial charge in [0, 0.05) is 15.4 Å². The molecule has 4 rings (SSSR count). The predicted molar refractivity (Wildman–Crippen MR) is 107 cm³/mol. The first-order chi connectivity index (χ1) is 12.4. The number of fused-ring (bicyclic) bond motifs is 3. The molecule has 2 N–H and O–H groups in total. The predicted octanol–water partition coefficient (Wildman–Crippen LogP) is 4.26. The van der Waals surface area contributed by atoms with Crippen LogP contribution in [0.2, 0.25) is 0 Å². The van der Waals surface area contributed by atoms with Crippen molar-refractivity contribution >= 4 is 42.6 Å². The number of nitrogens with one attached hydrogen (secondary N) is 2. The highest BCUT2D eigenvalue weighted by molar-refractivity contribution is 9.10. The lowest BCUT2D eigenvalue weighted by Gasteiger charge is -2.14. The Balaban J connectivity index is 1.69. The quantitative estimate of drug-likeness (QED) is 0.607. The summed E-state index contributed by atoms with van der Waals surface area (Å²) in [5.41, 5.74) is 4.91. The number of aromatic amines is 1. The largest absolute Gasteiger partial charge is 0.353 e. The molecule has 0 amide bonds. The number of rotatable bonds is 3. The molecule has 0 radical (unpaired) electrons. The average molecular weight is 432 g/mol. The molecule has 3 aromatic rings. The summed E-state index contributed by atoms with van der Waals surface area (Å²) < 4.78 is 26.0. The monoisotopic (exact) mass is 431 g/mol. The normalized spacial score (nSPS) is 16.0. The van der Waals surface area contributed by atoms with Crippen molar-refractivity contribution in [3.63, 3.8) is 0 Å². The van der Waals surface area contributed by atoms with Crippen LogP contribution in [0.25, 0.3) is 10.9 Å². The minimum absolute atomic E-state index is 0.212. The number of halogens is 1. The Morgan fingerprint density at radius 2 is 1.88 bits per heavy atom. The molecule has 0 unspecified atom stereocenters. The van der Waals surface area contributed by atoms with Gasteiger partial charge in [0.25, 0.3) is 10.0 Å². The molecule has 0 saturated heterocycles. The van der Waals surface area contributed by atoms with Gasteiger partial charge in [0.15, 0.2) is 0 Å². The minimum Gasteiger partial charge on any atom is -0.353 e. The molecular weight excluding hydrogens is 414 g/mol. The number of hydrogen-bond acceptors (Lipinski definition) is 3. The number of aromatic nitrogens is 1. The van der Waals surface area contributed by atoms with Crippen LogP contribution in [0.1, 0.15) is 29.7 Å². The van der Waals surface area contributed by atoms with Crippen molar-refractivity contribution in [1.29, 1.82) is 0 Å². The zero-order valence-electron chi connectivity index (χ0n) is 14.2. The molecular formula is C19H18BrN3O2S. The van der Waals surface area contributed by atoms with E-state index in [2.05, 4.69) is 36.9 Å². The number of H-pyrrole nitrogens is 1. The first-order valence-electron chi connectivity index (χ1n) is 8.39. The van der Waals surface area contributed by atoms with Crippen molar-refractivity contribution < 1.29 is 8.42 Å². The van der Waals surface area contributed by atoms with Gasteiger partial charge < -0.3 is 4.98 Å². The molecule has 0 atom stereocenters. The van der Waals surface area contributed by atoms with E-state index in [1.807, 2.05) is 19.1 Å². The van der Waals surface area contributed by atoms with E-state index in [-0.39, 0.29) is 4.90 Å². The third kappa shape index (κ3) is 3.17.